The Kier molecular flexibility index (Phi) is 4.73. The van der Waals surface area contributed by atoms with Gasteiger partial charge in [0.2, 0.25) is 5.88 Å². The van der Waals surface area contributed by atoms with Crippen molar-refractivity contribution < 1.29 is 9.15 Å². The normalized spacial score (nSPS) is 16.8. The highest BCUT2D eigenvalue weighted by atomic mass is 16.5. The quantitative estimate of drug-likeness (QED) is 0.850. The van der Waals surface area contributed by atoms with E-state index < -0.39 is 0 Å². The van der Waals surface area contributed by atoms with E-state index in [0.717, 1.165) is 62.1 Å². The van der Waals surface area contributed by atoms with E-state index >= 15 is 0 Å². The van der Waals surface area contributed by atoms with Crippen molar-refractivity contribution in [3.8, 4) is 5.88 Å². The molecular weight excluding hydrogens is 278 g/mol. The summed E-state index contributed by atoms with van der Waals surface area (Å²) in [6.45, 7) is 7.72. The second-order valence-corrected chi connectivity index (χ2v) is 6.01. The summed E-state index contributed by atoms with van der Waals surface area (Å²) in [5, 5.41) is 0. The molecule has 3 heterocycles. The molecule has 0 N–H and O–H groups in total. The number of piperidine rings is 1. The molecule has 0 spiro atoms. The Morgan fingerprint density at radius 1 is 1.32 bits per heavy atom. The lowest BCUT2D eigenvalue weighted by molar-refractivity contribution is 0.133. The minimum atomic E-state index is 0.608. The first-order chi connectivity index (χ1) is 10.7. The fraction of sp³-hybridized carbons (Fsp3) is 0.529. The molecule has 1 aliphatic heterocycles. The molecule has 1 fully saturated rings. The fourth-order valence-corrected chi connectivity index (χ4v) is 2.84. The predicted molar refractivity (Wildman–Crippen MR) is 83.7 cm³/mol. The minimum absolute atomic E-state index is 0.608. The lowest BCUT2D eigenvalue weighted by Gasteiger charge is -2.31. The fourth-order valence-electron chi connectivity index (χ4n) is 2.84. The van der Waals surface area contributed by atoms with Crippen molar-refractivity contribution in [2.75, 3.05) is 19.7 Å². The third-order valence-corrected chi connectivity index (χ3v) is 4.18. The van der Waals surface area contributed by atoms with Gasteiger partial charge in [0.05, 0.1) is 12.3 Å². The zero-order chi connectivity index (χ0) is 15.4. The van der Waals surface area contributed by atoms with Gasteiger partial charge in [-0.2, -0.15) is 0 Å². The Bertz CT molecular complexity index is 603. The number of pyridine rings is 1. The van der Waals surface area contributed by atoms with Crippen molar-refractivity contribution in [3.63, 3.8) is 0 Å². The van der Waals surface area contributed by atoms with Crippen LogP contribution in [0.3, 0.4) is 0 Å². The molecule has 0 aliphatic carbocycles. The van der Waals surface area contributed by atoms with Crippen LogP contribution in [-0.2, 0) is 6.54 Å². The Balaban J connectivity index is 1.43. The number of aromatic nitrogens is 2. The van der Waals surface area contributed by atoms with Crippen LogP contribution in [0.25, 0.3) is 0 Å². The summed E-state index contributed by atoms with van der Waals surface area (Å²) in [6.07, 6.45) is 5.85. The Labute approximate surface area is 131 Å². The van der Waals surface area contributed by atoms with Crippen molar-refractivity contribution in [2.45, 2.75) is 33.2 Å². The van der Waals surface area contributed by atoms with Gasteiger partial charge in [0.1, 0.15) is 6.26 Å². The monoisotopic (exact) mass is 301 g/mol. The Hall–Kier alpha value is -1.88. The molecule has 2 aromatic rings. The zero-order valence-corrected chi connectivity index (χ0v) is 13.3. The van der Waals surface area contributed by atoms with Gasteiger partial charge in [-0.1, -0.05) is 6.07 Å². The van der Waals surface area contributed by atoms with Gasteiger partial charge in [-0.3, -0.25) is 4.90 Å². The van der Waals surface area contributed by atoms with Crippen molar-refractivity contribution in [1.82, 2.24) is 14.9 Å². The van der Waals surface area contributed by atoms with Crippen LogP contribution in [0, 0.1) is 19.8 Å². The van der Waals surface area contributed by atoms with Crippen LogP contribution in [0.4, 0.5) is 0 Å². The molecule has 118 valence electrons. The second kappa shape index (κ2) is 6.92. The number of hydrogen-bond acceptors (Lipinski definition) is 5. The second-order valence-electron chi connectivity index (χ2n) is 6.01. The molecule has 2 aromatic heterocycles. The topological polar surface area (TPSA) is 51.4 Å². The van der Waals surface area contributed by atoms with E-state index in [1.165, 1.54) is 0 Å². The Morgan fingerprint density at radius 3 is 2.82 bits per heavy atom. The lowest BCUT2D eigenvalue weighted by Crippen LogP contribution is -2.35. The van der Waals surface area contributed by atoms with Crippen molar-refractivity contribution in [3.05, 3.63) is 41.7 Å². The molecule has 5 heteroatoms. The van der Waals surface area contributed by atoms with E-state index in [0.29, 0.717) is 5.92 Å². The van der Waals surface area contributed by atoms with Crippen LogP contribution in [0.15, 0.2) is 29.0 Å². The van der Waals surface area contributed by atoms with Gasteiger partial charge < -0.3 is 9.15 Å². The molecule has 3 rings (SSSR count). The maximum atomic E-state index is 5.88. The summed E-state index contributed by atoms with van der Waals surface area (Å²) in [7, 11) is 0. The molecule has 0 aromatic carbocycles. The van der Waals surface area contributed by atoms with E-state index in [9.17, 15) is 0 Å². The van der Waals surface area contributed by atoms with E-state index in [1.54, 1.807) is 12.5 Å². The molecule has 0 radical (unpaired) electrons. The van der Waals surface area contributed by atoms with Crippen molar-refractivity contribution >= 4 is 0 Å². The summed E-state index contributed by atoms with van der Waals surface area (Å²) in [6, 6.07) is 3.97. The number of oxazole rings is 1. The highest BCUT2D eigenvalue weighted by molar-refractivity contribution is 5.23. The van der Waals surface area contributed by atoms with E-state index in [2.05, 4.69) is 14.9 Å². The summed E-state index contributed by atoms with van der Waals surface area (Å²) in [5.74, 6) is 2.11. The van der Waals surface area contributed by atoms with Gasteiger partial charge in [-0.05, 0) is 44.8 Å². The predicted octanol–water partition coefficient (Wildman–Crippen LogP) is 2.98. The number of likely N-dealkylation sites (tertiary alicyclic amines) is 1. The van der Waals surface area contributed by atoms with Crippen LogP contribution in [0.1, 0.15) is 30.0 Å². The first-order valence-electron chi connectivity index (χ1n) is 7.88. The zero-order valence-electron chi connectivity index (χ0n) is 13.3. The number of nitrogens with zero attached hydrogens (tertiary/aromatic N) is 3. The smallest absolute Gasteiger partial charge is 0.216 e. The first-order valence-corrected chi connectivity index (χ1v) is 7.88. The minimum Gasteiger partial charge on any atom is -0.477 e. The molecule has 1 aliphatic rings. The molecule has 22 heavy (non-hydrogen) atoms. The first kappa shape index (κ1) is 15.0. The van der Waals surface area contributed by atoms with Crippen LogP contribution >= 0.6 is 0 Å². The van der Waals surface area contributed by atoms with Crippen molar-refractivity contribution in [2.24, 2.45) is 5.92 Å². The molecule has 0 saturated carbocycles. The average molecular weight is 301 g/mol. The standard InChI is InChI=1S/C17H23N3O2/c1-13-4-3-7-18-17(13)22-11-15-5-8-20(9-6-15)10-16-12-21-14(2)19-16/h3-4,7,12,15H,5-6,8-11H2,1-2H3. The van der Waals surface area contributed by atoms with Crippen LogP contribution in [-0.4, -0.2) is 34.6 Å². The largest absolute Gasteiger partial charge is 0.477 e. The summed E-state index contributed by atoms with van der Waals surface area (Å²) >= 11 is 0. The Morgan fingerprint density at radius 2 is 2.14 bits per heavy atom. The summed E-state index contributed by atoms with van der Waals surface area (Å²) < 4.78 is 11.1. The van der Waals surface area contributed by atoms with Crippen LogP contribution in [0.5, 0.6) is 5.88 Å². The van der Waals surface area contributed by atoms with Gasteiger partial charge >= 0.3 is 0 Å². The van der Waals surface area contributed by atoms with Gasteiger partial charge in [0, 0.05) is 25.2 Å². The number of ether oxygens (including phenoxy) is 1. The molecule has 5 nitrogen and oxygen atoms in total. The molecule has 1 saturated heterocycles. The van der Waals surface area contributed by atoms with Crippen LogP contribution in [0.2, 0.25) is 0 Å². The maximum Gasteiger partial charge on any atom is 0.216 e. The maximum absolute atomic E-state index is 5.88. The molecular formula is C17H23N3O2. The third kappa shape index (κ3) is 3.85. The number of aryl methyl sites for hydroxylation is 2. The lowest BCUT2D eigenvalue weighted by atomic mass is 9.98. The van der Waals surface area contributed by atoms with Gasteiger partial charge in [-0.15, -0.1) is 0 Å². The number of rotatable bonds is 5. The third-order valence-electron chi connectivity index (χ3n) is 4.18. The average Bonchev–Trinajstić information content (AvgIpc) is 2.93. The highest BCUT2D eigenvalue weighted by Gasteiger charge is 2.21. The molecule has 0 amide bonds. The van der Waals surface area contributed by atoms with Gasteiger partial charge in [0.25, 0.3) is 0 Å². The van der Waals surface area contributed by atoms with Crippen molar-refractivity contribution in [1.29, 1.82) is 0 Å². The summed E-state index contributed by atoms with van der Waals surface area (Å²) in [4.78, 5) is 11.1. The number of hydrogen-bond donors (Lipinski definition) is 0. The van der Waals surface area contributed by atoms with Gasteiger partial charge in [-0.25, -0.2) is 9.97 Å². The SMILES string of the molecule is Cc1nc(CN2CCC(COc3ncccc3C)CC2)co1. The molecule has 0 bridgehead atoms. The van der Waals surface area contributed by atoms with E-state index in [-0.39, 0.29) is 0 Å². The van der Waals surface area contributed by atoms with E-state index in [4.69, 9.17) is 9.15 Å². The van der Waals surface area contributed by atoms with E-state index in [1.807, 2.05) is 26.0 Å². The van der Waals surface area contributed by atoms with Gasteiger partial charge in [0.15, 0.2) is 5.89 Å². The highest BCUT2D eigenvalue weighted by Crippen LogP contribution is 2.21. The molecule has 0 unspecified atom stereocenters. The molecule has 0 atom stereocenters. The van der Waals surface area contributed by atoms with Crippen LogP contribution < -0.4 is 4.74 Å². The summed E-state index contributed by atoms with van der Waals surface area (Å²) in [5.41, 5.74) is 2.12.